The zero-order valence-corrected chi connectivity index (χ0v) is 13.8. The lowest BCUT2D eigenvalue weighted by Crippen LogP contribution is -2.19. The molecule has 1 aliphatic rings. The lowest BCUT2D eigenvalue weighted by molar-refractivity contribution is -0.0365. The van der Waals surface area contributed by atoms with E-state index in [1.54, 1.807) is 6.07 Å². The summed E-state index contributed by atoms with van der Waals surface area (Å²) in [6, 6.07) is 13.0. The fraction of sp³-hybridized carbons (Fsp3) is 0.263. The highest BCUT2D eigenvalue weighted by Crippen LogP contribution is 2.35. The minimum Gasteiger partial charge on any atom is -0.399 e. The first-order valence-corrected chi connectivity index (χ1v) is 8.43. The molecule has 0 bridgehead atoms. The second kappa shape index (κ2) is 6.22. The number of amides is 1. The Hall–Kier alpha value is -2.86. The van der Waals surface area contributed by atoms with Gasteiger partial charge in [0.25, 0.3) is 0 Å². The number of hydrogen-bond acceptors (Lipinski definition) is 4. The van der Waals surface area contributed by atoms with Crippen LogP contribution in [-0.4, -0.2) is 22.3 Å². The average Bonchev–Trinajstić information content (AvgIpc) is 3.02. The highest BCUT2D eigenvalue weighted by molar-refractivity contribution is 6.10. The molecule has 4 rings (SSSR count). The Morgan fingerprint density at radius 2 is 2.04 bits per heavy atom. The Kier molecular flexibility index (Phi) is 3.89. The van der Waals surface area contributed by atoms with Gasteiger partial charge in [0.2, 0.25) is 5.91 Å². The van der Waals surface area contributed by atoms with E-state index < -0.39 is 5.91 Å². The van der Waals surface area contributed by atoms with Crippen molar-refractivity contribution in [3.63, 3.8) is 0 Å². The van der Waals surface area contributed by atoms with E-state index in [1.165, 1.54) is 0 Å². The van der Waals surface area contributed by atoms with Crippen molar-refractivity contribution in [1.82, 2.24) is 9.78 Å². The van der Waals surface area contributed by atoms with Crippen LogP contribution in [0.15, 0.2) is 42.5 Å². The third kappa shape index (κ3) is 2.74. The quantitative estimate of drug-likeness (QED) is 0.718. The number of carbonyl (C=O) groups is 1. The number of primary amides is 1. The molecule has 0 aliphatic carbocycles. The van der Waals surface area contributed by atoms with Crippen LogP contribution >= 0.6 is 0 Å². The number of aromatic nitrogens is 2. The van der Waals surface area contributed by atoms with Crippen LogP contribution < -0.4 is 11.5 Å². The molecule has 25 heavy (non-hydrogen) atoms. The first-order valence-electron chi connectivity index (χ1n) is 8.43. The van der Waals surface area contributed by atoms with E-state index in [2.05, 4.69) is 0 Å². The second-order valence-corrected chi connectivity index (χ2v) is 6.30. The molecular formula is C19H20N4O2. The second-order valence-electron chi connectivity index (χ2n) is 6.30. The molecule has 6 heteroatoms. The fourth-order valence-electron chi connectivity index (χ4n) is 3.42. The minimum absolute atomic E-state index is 0.130. The molecule has 0 radical (unpaired) electrons. The number of benzene rings is 2. The summed E-state index contributed by atoms with van der Waals surface area (Å²) in [6.45, 7) is 0.717. The largest absolute Gasteiger partial charge is 0.399 e. The molecule has 1 amide bonds. The Morgan fingerprint density at radius 3 is 2.76 bits per heavy atom. The topological polar surface area (TPSA) is 96.2 Å². The predicted octanol–water partition coefficient (Wildman–Crippen LogP) is 3.08. The van der Waals surface area contributed by atoms with Gasteiger partial charge in [-0.1, -0.05) is 18.2 Å². The maximum absolute atomic E-state index is 12.0. The molecule has 2 aromatic carbocycles. The number of hydrogen-bond donors (Lipinski definition) is 2. The van der Waals surface area contributed by atoms with Crippen molar-refractivity contribution in [2.45, 2.75) is 25.5 Å². The van der Waals surface area contributed by atoms with Gasteiger partial charge in [-0.15, -0.1) is 0 Å². The van der Waals surface area contributed by atoms with Crippen molar-refractivity contribution in [1.29, 1.82) is 0 Å². The van der Waals surface area contributed by atoms with Crippen LogP contribution in [0.4, 0.5) is 5.69 Å². The maximum Gasteiger partial charge on any atom is 0.249 e. The lowest BCUT2D eigenvalue weighted by atomic mass is 10.0. The summed E-state index contributed by atoms with van der Waals surface area (Å²) in [5.41, 5.74) is 15.1. The van der Waals surface area contributed by atoms with Crippen LogP contribution in [0.1, 0.15) is 35.8 Å². The molecule has 1 unspecified atom stereocenters. The Morgan fingerprint density at radius 1 is 1.20 bits per heavy atom. The summed E-state index contributed by atoms with van der Waals surface area (Å²) >= 11 is 0. The summed E-state index contributed by atoms with van der Waals surface area (Å²) in [4.78, 5) is 12.0. The van der Waals surface area contributed by atoms with Crippen molar-refractivity contribution in [2.75, 3.05) is 12.3 Å². The molecule has 0 saturated carbocycles. The van der Waals surface area contributed by atoms with E-state index in [0.717, 1.165) is 42.3 Å². The van der Waals surface area contributed by atoms with Crippen LogP contribution in [0, 0.1) is 0 Å². The van der Waals surface area contributed by atoms with Gasteiger partial charge < -0.3 is 16.2 Å². The molecule has 1 atom stereocenters. The molecular weight excluding hydrogens is 316 g/mol. The fourth-order valence-corrected chi connectivity index (χ4v) is 3.42. The Bertz CT molecular complexity index is 942. The Balaban J connectivity index is 1.99. The average molecular weight is 336 g/mol. The van der Waals surface area contributed by atoms with Gasteiger partial charge in [-0.3, -0.25) is 4.79 Å². The zero-order chi connectivity index (χ0) is 17.4. The summed E-state index contributed by atoms with van der Waals surface area (Å²) < 4.78 is 7.78. The molecule has 4 N–H and O–H groups in total. The molecule has 0 spiro atoms. The molecule has 1 saturated heterocycles. The van der Waals surface area contributed by atoms with Crippen molar-refractivity contribution in [2.24, 2.45) is 5.73 Å². The normalized spacial score (nSPS) is 17.7. The van der Waals surface area contributed by atoms with Gasteiger partial charge in [0.05, 0.1) is 11.1 Å². The predicted molar refractivity (Wildman–Crippen MR) is 96.9 cm³/mol. The number of nitrogens with zero attached hydrogens (tertiary/aromatic N) is 2. The van der Waals surface area contributed by atoms with Crippen molar-refractivity contribution >= 4 is 22.5 Å². The third-order valence-electron chi connectivity index (χ3n) is 4.59. The SMILES string of the molecule is NC(=O)c1cccc2c1c(-c1cccc(N)c1)nn2C1CCCCO1. The van der Waals surface area contributed by atoms with Gasteiger partial charge in [0.15, 0.2) is 6.23 Å². The van der Waals surface area contributed by atoms with Gasteiger partial charge in [-0.25, -0.2) is 4.68 Å². The van der Waals surface area contributed by atoms with Crippen LogP contribution in [0.25, 0.3) is 22.2 Å². The van der Waals surface area contributed by atoms with E-state index >= 15 is 0 Å². The van der Waals surface area contributed by atoms with Crippen LogP contribution in [0.3, 0.4) is 0 Å². The van der Waals surface area contributed by atoms with E-state index in [4.69, 9.17) is 21.3 Å². The van der Waals surface area contributed by atoms with Crippen LogP contribution in [0.5, 0.6) is 0 Å². The van der Waals surface area contributed by atoms with Gasteiger partial charge in [0.1, 0.15) is 5.69 Å². The van der Waals surface area contributed by atoms with E-state index in [1.807, 2.05) is 41.1 Å². The van der Waals surface area contributed by atoms with Crippen molar-refractivity contribution < 1.29 is 9.53 Å². The summed E-state index contributed by atoms with van der Waals surface area (Å²) in [5, 5.41) is 5.54. The maximum atomic E-state index is 12.0. The van der Waals surface area contributed by atoms with Gasteiger partial charge in [-0.05, 0) is 43.5 Å². The minimum atomic E-state index is -0.472. The van der Waals surface area contributed by atoms with Gasteiger partial charge in [0, 0.05) is 23.2 Å². The van der Waals surface area contributed by atoms with Crippen molar-refractivity contribution in [3.8, 4) is 11.3 Å². The summed E-state index contributed by atoms with van der Waals surface area (Å²) in [7, 11) is 0. The zero-order valence-electron chi connectivity index (χ0n) is 13.8. The molecule has 1 fully saturated rings. The van der Waals surface area contributed by atoms with Crippen molar-refractivity contribution in [3.05, 3.63) is 48.0 Å². The molecule has 128 valence electrons. The lowest BCUT2D eigenvalue weighted by Gasteiger charge is -2.23. The summed E-state index contributed by atoms with van der Waals surface area (Å²) in [6.07, 6.45) is 2.92. The number of nitrogens with two attached hydrogens (primary N) is 2. The van der Waals surface area contributed by atoms with Crippen LogP contribution in [-0.2, 0) is 4.74 Å². The number of rotatable bonds is 3. The number of carbonyl (C=O) groups excluding carboxylic acids is 1. The highest BCUT2D eigenvalue weighted by Gasteiger charge is 2.24. The molecule has 1 aromatic heterocycles. The molecule has 1 aliphatic heterocycles. The standard InChI is InChI=1S/C19H20N4O2/c20-13-6-3-5-12(11-13)18-17-14(19(21)24)7-4-8-15(17)23(22-18)16-9-1-2-10-25-16/h3-8,11,16H,1-2,9-10,20H2,(H2,21,24). The Labute approximate surface area is 145 Å². The monoisotopic (exact) mass is 336 g/mol. The number of anilines is 1. The first-order chi connectivity index (χ1) is 12.1. The first kappa shape index (κ1) is 15.7. The number of fused-ring (bicyclic) bond motifs is 1. The molecule has 2 heterocycles. The van der Waals surface area contributed by atoms with Gasteiger partial charge >= 0.3 is 0 Å². The van der Waals surface area contributed by atoms with Gasteiger partial charge in [-0.2, -0.15) is 5.10 Å². The molecule has 3 aromatic rings. The molecule has 6 nitrogen and oxygen atoms in total. The van der Waals surface area contributed by atoms with E-state index in [0.29, 0.717) is 16.9 Å². The number of nitrogen functional groups attached to an aromatic ring is 1. The van der Waals surface area contributed by atoms with E-state index in [-0.39, 0.29) is 6.23 Å². The van der Waals surface area contributed by atoms with Crippen LogP contribution in [0.2, 0.25) is 0 Å². The van der Waals surface area contributed by atoms with E-state index in [9.17, 15) is 4.79 Å². The highest BCUT2D eigenvalue weighted by atomic mass is 16.5. The third-order valence-corrected chi connectivity index (χ3v) is 4.59. The summed E-state index contributed by atoms with van der Waals surface area (Å²) in [5.74, 6) is -0.472. The number of ether oxygens (including phenoxy) is 1. The smallest absolute Gasteiger partial charge is 0.249 e.